The first-order valence-electron chi connectivity index (χ1n) is 5.99. The SMILES string of the molecule is CCn1ccnc1CNCCc1ccnn1C. The van der Waals surface area contributed by atoms with E-state index in [2.05, 4.69) is 33.0 Å². The van der Waals surface area contributed by atoms with Gasteiger partial charge in [0.25, 0.3) is 0 Å². The molecule has 92 valence electrons. The second-order valence-electron chi connectivity index (χ2n) is 4.00. The van der Waals surface area contributed by atoms with E-state index in [1.807, 2.05) is 30.3 Å². The minimum atomic E-state index is 0.818. The Balaban J connectivity index is 1.75. The van der Waals surface area contributed by atoms with Crippen molar-refractivity contribution in [2.45, 2.75) is 26.4 Å². The summed E-state index contributed by atoms with van der Waals surface area (Å²) in [5.74, 6) is 1.09. The Kier molecular flexibility index (Phi) is 3.93. The summed E-state index contributed by atoms with van der Waals surface area (Å²) in [6.07, 6.45) is 6.68. The minimum absolute atomic E-state index is 0.818. The summed E-state index contributed by atoms with van der Waals surface area (Å²) in [4.78, 5) is 4.32. The van der Waals surface area contributed by atoms with Crippen LogP contribution in [0.15, 0.2) is 24.7 Å². The van der Waals surface area contributed by atoms with Crippen LogP contribution < -0.4 is 5.32 Å². The van der Waals surface area contributed by atoms with Crippen molar-refractivity contribution in [1.82, 2.24) is 24.6 Å². The fourth-order valence-corrected chi connectivity index (χ4v) is 1.86. The highest BCUT2D eigenvalue weighted by molar-refractivity contribution is 5.00. The molecule has 0 saturated heterocycles. The van der Waals surface area contributed by atoms with Crippen LogP contribution in [0, 0.1) is 0 Å². The number of aryl methyl sites for hydroxylation is 2. The van der Waals surface area contributed by atoms with Gasteiger partial charge in [0.15, 0.2) is 0 Å². The van der Waals surface area contributed by atoms with E-state index in [9.17, 15) is 0 Å². The van der Waals surface area contributed by atoms with Gasteiger partial charge in [0.05, 0.1) is 6.54 Å². The maximum absolute atomic E-state index is 4.32. The molecule has 0 aliphatic carbocycles. The fourth-order valence-electron chi connectivity index (χ4n) is 1.86. The van der Waals surface area contributed by atoms with Crippen LogP contribution in [-0.4, -0.2) is 25.9 Å². The third-order valence-corrected chi connectivity index (χ3v) is 2.91. The van der Waals surface area contributed by atoms with Crippen LogP contribution in [0.25, 0.3) is 0 Å². The predicted octanol–water partition coefficient (Wildman–Crippen LogP) is 0.969. The summed E-state index contributed by atoms with van der Waals surface area (Å²) < 4.78 is 4.06. The zero-order chi connectivity index (χ0) is 12.1. The average molecular weight is 233 g/mol. The molecule has 0 fully saturated rings. The number of nitrogens with one attached hydrogen (secondary N) is 1. The Labute approximate surface area is 101 Å². The van der Waals surface area contributed by atoms with Crippen molar-refractivity contribution >= 4 is 0 Å². The molecular weight excluding hydrogens is 214 g/mol. The van der Waals surface area contributed by atoms with Crippen molar-refractivity contribution in [2.75, 3.05) is 6.54 Å². The van der Waals surface area contributed by atoms with Crippen LogP contribution in [-0.2, 0) is 26.6 Å². The van der Waals surface area contributed by atoms with E-state index >= 15 is 0 Å². The smallest absolute Gasteiger partial charge is 0.122 e. The number of hydrogen-bond acceptors (Lipinski definition) is 3. The summed E-state index contributed by atoms with van der Waals surface area (Å²) in [7, 11) is 1.97. The molecule has 5 heteroatoms. The van der Waals surface area contributed by atoms with Gasteiger partial charge in [-0.25, -0.2) is 4.98 Å². The van der Waals surface area contributed by atoms with Gasteiger partial charge in [0.2, 0.25) is 0 Å². The highest BCUT2D eigenvalue weighted by atomic mass is 15.3. The Morgan fingerprint density at radius 3 is 2.94 bits per heavy atom. The zero-order valence-corrected chi connectivity index (χ0v) is 10.4. The molecule has 0 radical (unpaired) electrons. The van der Waals surface area contributed by atoms with Gasteiger partial charge in [-0.2, -0.15) is 5.10 Å². The van der Waals surface area contributed by atoms with Crippen molar-refractivity contribution in [2.24, 2.45) is 7.05 Å². The molecule has 2 heterocycles. The Morgan fingerprint density at radius 1 is 1.35 bits per heavy atom. The summed E-state index contributed by atoms with van der Waals surface area (Å²) >= 11 is 0. The van der Waals surface area contributed by atoms with Crippen molar-refractivity contribution in [1.29, 1.82) is 0 Å². The lowest BCUT2D eigenvalue weighted by molar-refractivity contribution is 0.599. The molecule has 1 N–H and O–H groups in total. The molecule has 0 aromatic carbocycles. The third-order valence-electron chi connectivity index (χ3n) is 2.91. The van der Waals surface area contributed by atoms with Gasteiger partial charge in [0, 0.05) is 50.8 Å². The molecule has 0 amide bonds. The monoisotopic (exact) mass is 233 g/mol. The topological polar surface area (TPSA) is 47.7 Å². The predicted molar refractivity (Wildman–Crippen MR) is 66.5 cm³/mol. The minimum Gasteiger partial charge on any atom is -0.334 e. The third kappa shape index (κ3) is 2.94. The van der Waals surface area contributed by atoms with E-state index in [0.29, 0.717) is 0 Å². The first-order valence-corrected chi connectivity index (χ1v) is 5.99. The van der Waals surface area contributed by atoms with E-state index < -0.39 is 0 Å². The molecule has 0 bridgehead atoms. The average Bonchev–Trinajstić information content (AvgIpc) is 2.93. The Morgan fingerprint density at radius 2 is 2.24 bits per heavy atom. The van der Waals surface area contributed by atoms with Gasteiger partial charge in [-0.05, 0) is 13.0 Å². The van der Waals surface area contributed by atoms with Gasteiger partial charge < -0.3 is 9.88 Å². The number of imidazole rings is 1. The van der Waals surface area contributed by atoms with E-state index in [4.69, 9.17) is 0 Å². The fraction of sp³-hybridized carbons (Fsp3) is 0.500. The normalized spacial score (nSPS) is 10.9. The number of hydrogen-bond donors (Lipinski definition) is 1. The second kappa shape index (κ2) is 5.63. The van der Waals surface area contributed by atoms with Crippen LogP contribution in [0.5, 0.6) is 0 Å². The van der Waals surface area contributed by atoms with E-state index in [0.717, 1.165) is 31.9 Å². The first-order chi connectivity index (χ1) is 8.31. The molecule has 17 heavy (non-hydrogen) atoms. The molecule has 5 nitrogen and oxygen atoms in total. The Bertz CT molecular complexity index is 457. The van der Waals surface area contributed by atoms with Gasteiger partial charge in [-0.1, -0.05) is 0 Å². The van der Waals surface area contributed by atoms with Gasteiger partial charge >= 0.3 is 0 Å². The standard InChI is InChI=1S/C12H19N5/c1-3-17-9-8-14-12(17)10-13-6-4-11-5-7-15-16(11)2/h5,7-9,13H,3-4,6,10H2,1-2H3. The first kappa shape index (κ1) is 11.9. The highest BCUT2D eigenvalue weighted by Crippen LogP contribution is 1.98. The van der Waals surface area contributed by atoms with E-state index in [-0.39, 0.29) is 0 Å². The molecule has 0 unspecified atom stereocenters. The Hall–Kier alpha value is -1.62. The molecule has 2 rings (SSSR count). The van der Waals surface area contributed by atoms with Crippen molar-refractivity contribution < 1.29 is 0 Å². The summed E-state index contributed by atoms with van der Waals surface area (Å²) in [6, 6.07) is 2.05. The molecule has 0 aliphatic heterocycles. The maximum Gasteiger partial charge on any atom is 0.122 e. The van der Waals surface area contributed by atoms with Crippen LogP contribution in [0.3, 0.4) is 0 Å². The van der Waals surface area contributed by atoms with Crippen molar-refractivity contribution in [3.8, 4) is 0 Å². The molecule has 2 aromatic heterocycles. The number of aromatic nitrogens is 4. The van der Waals surface area contributed by atoms with Crippen LogP contribution in [0.2, 0.25) is 0 Å². The van der Waals surface area contributed by atoms with Crippen LogP contribution in [0.1, 0.15) is 18.4 Å². The molecule has 2 aromatic rings. The van der Waals surface area contributed by atoms with Gasteiger partial charge in [-0.3, -0.25) is 4.68 Å². The summed E-state index contributed by atoms with van der Waals surface area (Å²) in [5.41, 5.74) is 1.25. The van der Waals surface area contributed by atoms with Gasteiger partial charge in [-0.15, -0.1) is 0 Å². The lowest BCUT2D eigenvalue weighted by Gasteiger charge is -2.06. The van der Waals surface area contributed by atoms with Crippen molar-refractivity contribution in [3.05, 3.63) is 36.2 Å². The quantitative estimate of drug-likeness (QED) is 0.756. The molecule has 0 saturated carbocycles. The molecule has 0 aliphatic rings. The summed E-state index contributed by atoms with van der Waals surface area (Å²) in [5, 5.41) is 7.55. The largest absolute Gasteiger partial charge is 0.334 e. The van der Waals surface area contributed by atoms with E-state index in [1.165, 1.54) is 5.69 Å². The summed E-state index contributed by atoms with van der Waals surface area (Å²) in [6.45, 7) is 4.86. The van der Waals surface area contributed by atoms with Crippen LogP contribution in [0.4, 0.5) is 0 Å². The second-order valence-corrected chi connectivity index (χ2v) is 4.00. The van der Waals surface area contributed by atoms with E-state index in [1.54, 1.807) is 0 Å². The van der Waals surface area contributed by atoms with Crippen molar-refractivity contribution in [3.63, 3.8) is 0 Å². The highest BCUT2D eigenvalue weighted by Gasteiger charge is 2.01. The molecular formula is C12H19N5. The number of nitrogens with zero attached hydrogens (tertiary/aromatic N) is 4. The zero-order valence-electron chi connectivity index (χ0n) is 10.4. The molecule has 0 spiro atoms. The lowest BCUT2D eigenvalue weighted by atomic mass is 10.3. The van der Waals surface area contributed by atoms with Gasteiger partial charge in [0.1, 0.15) is 5.82 Å². The molecule has 0 atom stereocenters. The maximum atomic E-state index is 4.32. The number of rotatable bonds is 6. The van der Waals surface area contributed by atoms with Crippen LogP contribution >= 0.6 is 0 Å². The lowest BCUT2D eigenvalue weighted by Crippen LogP contribution is -2.20.